The van der Waals surface area contributed by atoms with Gasteiger partial charge in [-0.25, -0.2) is 14.8 Å². The van der Waals surface area contributed by atoms with Gasteiger partial charge in [0.05, 0.1) is 25.6 Å². The van der Waals surface area contributed by atoms with E-state index >= 15 is 0 Å². The maximum Gasteiger partial charge on any atom is 0.336 e. The Kier molecular flexibility index (Phi) is 4.99. The van der Waals surface area contributed by atoms with Crippen molar-refractivity contribution >= 4 is 11.8 Å². The Balaban J connectivity index is 2.32. The number of methoxy groups -OCH3 is 1. The molecule has 0 saturated carbocycles. The van der Waals surface area contributed by atoms with Crippen LogP contribution in [0.15, 0.2) is 24.7 Å². The number of ketones is 1. The second kappa shape index (κ2) is 6.79. The number of aliphatic carboxylic acids is 1. The fourth-order valence-corrected chi connectivity index (χ4v) is 2.20. The van der Waals surface area contributed by atoms with Crippen LogP contribution in [0.25, 0.3) is 5.69 Å². The first-order chi connectivity index (χ1) is 11.3. The molecule has 0 aliphatic heterocycles. The predicted octanol–water partition coefficient (Wildman–Crippen LogP) is 1.38. The average molecular weight is 333 g/mol. The molecule has 128 valence electrons. The Morgan fingerprint density at radius 1 is 1.38 bits per heavy atom. The zero-order chi connectivity index (χ0) is 17.9. The molecule has 24 heavy (non-hydrogen) atoms. The van der Waals surface area contributed by atoms with Crippen molar-refractivity contribution in [1.82, 2.24) is 14.5 Å². The summed E-state index contributed by atoms with van der Waals surface area (Å²) in [5.41, 5.74) is -0.669. The lowest BCUT2D eigenvalue weighted by Crippen LogP contribution is -2.40. The van der Waals surface area contributed by atoms with Gasteiger partial charge >= 0.3 is 5.97 Å². The van der Waals surface area contributed by atoms with E-state index in [4.69, 9.17) is 9.84 Å². The van der Waals surface area contributed by atoms with Crippen LogP contribution in [0.5, 0.6) is 5.88 Å². The molecule has 8 heteroatoms. The monoisotopic (exact) mass is 333 g/mol. The van der Waals surface area contributed by atoms with E-state index in [1.807, 2.05) is 6.92 Å². The predicted molar refractivity (Wildman–Crippen MR) is 84.5 cm³/mol. The molecule has 2 heterocycles. The fraction of sp³-hybridized carbons (Fsp3) is 0.375. The van der Waals surface area contributed by atoms with Crippen LogP contribution in [0.1, 0.15) is 35.9 Å². The number of carboxylic acids is 1. The van der Waals surface area contributed by atoms with Gasteiger partial charge in [0.25, 0.3) is 0 Å². The highest BCUT2D eigenvalue weighted by Gasteiger charge is 2.37. The number of aliphatic hydroxyl groups is 1. The number of aryl methyl sites for hydroxylation is 1. The van der Waals surface area contributed by atoms with Crippen molar-refractivity contribution in [3.8, 4) is 11.6 Å². The van der Waals surface area contributed by atoms with E-state index in [1.54, 1.807) is 23.2 Å². The first kappa shape index (κ1) is 17.6. The molecular weight excluding hydrogens is 314 g/mol. The molecular formula is C16H19N3O5. The molecule has 0 spiro atoms. The zero-order valence-corrected chi connectivity index (χ0v) is 13.7. The van der Waals surface area contributed by atoms with Gasteiger partial charge in [-0.2, -0.15) is 0 Å². The number of carbonyl (C=O) groups excluding carboxylic acids is 1. The van der Waals surface area contributed by atoms with Gasteiger partial charge in [0.1, 0.15) is 11.4 Å². The fourth-order valence-electron chi connectivity index (χ4n) is 2.20. The Morgan fingerprint density at radius 3 is 2.58 bits per heavy atom. The van der Waals surface area contributed by atoms with Crippen molar-refractivity contribution in [3.63, 3.8) is 0 Å². The summed E-state index contributed by atoms with van der Waals surface area (Å²) in [5, 5.41) is 19.1. The highest BCUT2D eigenvalue weighted by Crippen LogP contribution is 2.23. The molecule has 0 bridgehead atoms. The number of Topliss-reactive ketones (excluding diaryl/α,β-unsaturated/α-hetero) is 1. The summed E-state index contributed by atoms with van der Waals surface area (Å²) in [6.45, 7) is 3.34. The highest BCUT2D eigenvalue weighted by atomic mass is 16.5. The normalized spacial score (nSPS) is 13.3. The minimum Gasteiger partial charge on any atom is -0.479 e. The molecule has 2 rings (SSSR count). The van der Waals surface area contributed by atoms with Crippen LogP contribution in [-0.2, 0) is 4.79 Å². The van der Waals surface area contributed by atoms with Crippen molar-refractivity contribution in [1.29, 1.82) is 0 Å². The van der Waals surface area contributed by atoms with E-state index in [1.165, 1.54) is 20.1 Å². The van der Waals surface area contributed by atoms with Gasteiger partial charge in [0.2, 0.25) is 5.88 Å². The molecule has 0 fully saturated rings. The van der Waals surface area contributed by atoms with Crippen LogP contribution in [0, 0.1) is 6.92 Å². The van der Waals surface area contributed by atoms with Crippen LogP contribution in [-0.4, -0.2) is 49.2 Å². The summed E-state index contributed by atoms with van der Waals surface area (Å²) < 4.78 is 6.92. The van der Waals surface area contributed by atoms with Gasteiger partial charge < -0.3 is 19.5 Å². The number of pyridine rings is 1. The molecule has 0 aliphatic carbocycles. The van der Waals surface area contributed by atoms with Crippen molar-refractivity contribution in [2.45, 2.75) is 32.3 Å². The summed E-state index contributed by atoms with van der Waals surface area (Å²) in [4.78, 5) is 31.7. The van der Waals surface area contributed by atoms with Crippen molar-refractivity contribution in [2.24, 2.45) is 0 Å². The number of carbonyl (C=O) groups is 2. The molecule has 2 aromatic rings. The molecule has 0 amide bonds. The van der Waals surface area contributed by atoms with E-state index < -0.39 is 23.8 Å². The van der Waals surface area contributed by atoms with Gasteiger partial charge in [-0.1, -0.05) is 6.92 Å². The summed E-state index contributed by atoms with van der Waals surface area (Å²) in [7, 11) is 1.42. The zero-order valence-electron chi connectivity index (χ0n) is 13.7. The molecule has 0 radical (unpaired) electrons. The minimum atomic E-state index is -2.11. The number of hydrogen-bond acceptors (Lipinski definition) is 6. The summed E-state index contributed by atoms with van der Waals surface area (Å²) in [6, 6.07) is 3.10. The second-order valence-electron chi connectivity index (χ2n) is 5.44. The molecule has 0 aliphatic rings. The molecule has 1 atom stereocenters. The van der Waals surface area contributed by atoms with Crippen molar-refractivity contribution in [3.05, 3.63) is 36.0 Å². The third kappa shape index (κ3) is 3.43. The van der Waals surface area contributed by atoms with Gasteiger partial charge in [0, 0.05) is 6.20 Å². The second-order valence-corrected chi connectivity index (χ2v) is 5.44. The summed E-state index contributed by atoms with van der Waals surface area (Å²) >= 11 is 0. The number of ether oxygens (including phenoxy) is 1. The molecule has 1 unspecified atom stereocenters. The standard InChI is InChI=1S/C16H19N3O5/c1-4-16(23,15(21)22)7-13(20)11-5-6-12(14(18-11)24-3)19-8-10(2)17-9-19/h5-6,8-9,23H,4,7H2,1-3H3,(H,21,22). The summed E-state index contributed by atoms with van der Waals surface area (Å²) in [5.74, 6) is -1.81. The molecule has 2 N–H and O–H groups in total. The number of imidazole rings is 1. The molecule has 8 nitrogen and oxygen atoms in total. The lowest BCUT2D eigenvalue weighted by molar-refractivity contribution is -0.158. The van der Waals surface area contributed by atoms with Gasteiger partial charge in [-0.05, 0) is 25.5 Å². The minimum absolute atomic E-state index is 0.0283. The number of aromatic nitrogens is 3. The lowest BCUT2D eigenvalue weighted by Gasteiger charge is -2.20. The Hall–Kier alpha value is -2.74. The van der Waals surface area contributed by atoms with Gasteiger partial charge in [-0.3, -0.25) is 4.79 Å². The smallest absolute Gasteiger partial charge is 0.336 e. The largest absolute Gasteiger partial charge is 0.479 e. The van der Waals surface area contributed by atoms with Crippen LogP contribution in [0.2, 0.25) is 0 Å². The van der Waals surface area contributed by atoms with Crippen molar-refractivity contribution in [2.75, 3.05) is 7.11 Å². The van der Waals surface area contributed by atoms with E-state index in [0.717, 1.165) is 5.69 Å². The van der Waals surface area contributed by atoms with E-state index in [0.29, 0.717) is 5.69 Å². The first-order valence-electron chi connectivity index (χ1n) is 7.35. The molecule has 2 aromatic heterocycles. The topological polar surface area (TPSA) is 115 Å². The van der Waals surface area contributed by atoms with E-state index in [9.17, 15) is 14.7 Å². The number of hydrogen-bond donors (Lipinski definition) is 2. The van der Waals surface area contributed by atoms with E-state index in [-0.39, 0.29) is 18.0 Å². The van der Waals surface area contributed by atoms with E-state index in [2.05, 4.69) is 9.97 Å². The maximum atomic E-state index is 12.3. The number of nitrogens with zero attached hydrogens (tertiary/aromatic N) is 3. The van der Waals surface area contributed by atoms with Gasteiger partial charge in [-0.15, -0.1) is 0 Å². The van der Waals surface area contributed by atoms with Crippen LogP contribution < -0.4 is 4.74 Å². The number of rotatable bonds is 7. The maximum absolute atomic E-state index is 12.3. The van der Waals surface area contributed by atoms with Crippen LogP contribution in [0.3, 0.4) is 0 Å². The van der Waals surface area contributed by atoms with Crippen LogP contribution >= 0.6 is 0 Å². The lowest BCUT2D eigenvalue weighted by atomic mass is 9.93. The highest BCUT2D eigenvalue weighted by molar-refractivity contribution is 5.98. The molecule has 0 saturated heterocycles. The Labute approximate surface area is 138 Å². The first-order valence-corrected chi connectivity index (χ1v) is 7.35. The summed E-state index contributed by atoms with van der Waals surface area (Å²) in [6.07, 6.45) is 2.73. The van der Waals surface area contributed by atoms with Crippen LogP contribution in [0.4, 0.5) is 0 Å². The van der Waals surface area contributed by atoms with Gasteiger partial charge in [0.15, 0.2) is 11.4 Å². The third-order valence-electron chi connectivity index (χ3n) is 3.75. The SMILES string of the molecule is CCC(O)(CC(=O)c1ccc(-n2cnc(C)c2)c(OC)n1)C(=O)O. The average Bonchev–Trinajstić information content (AvgIpc) is 3.00. The van der Waals surface area contributed by atoms with Crippen molar-refractivity contribution < 1.29 is 24.5 Å². The third-order valence-corrected chi connectivity index (χ3v) is 3.75. The Bertz CT molecular complexity index is 771. The molecule has 0 aromatic carbocycles. The quantitative estimate of drug-likeness (QED) is 0.736. The number of carboxylic acid groups (broad SMARTS) is 1. The Morgan fingerprint density at radius 2 is 2.08 bits per heavy atom.